The number of nitrogens with zero attached hydrogens (tertiary/aromatic N) is 1. The Labute approximate surface area is 188 Å². The van der Waals surface area contributed by atoms with E-state index in [0.29, 0.717) is 17.6 Å². The van der Waals surface area contributed by atoms with Crippen molar-refractivity contribution in [2.45, 2.75) is 62.8 Å². The van der Waals surface area contributed by atoms with E-state index in [1.807, 2.05) is 35.2 Å². The zero-order valence-corrected chi connectivity index (χ0v) is 19.0. The summed E-state index contributed by atoms with van der Waals surface area (Å²) in [7, 11) is 2.11. The maximum atomic E-state index is 12.0. The smallest absolute Gasteiger partial charge is 0.423 e. The molecule has 0 bridgehead atoms. The molecule has 0 aliphatic carbocycles. The van der Waals surface area contributed by atoms with Crippen molar-refractivity contribution < 1.29 is 14.8 Å². The number of benzene rings is 1. The third-order valence-corrected chi connectivity index (χ3v) is 6.98. The molecule has 0 spiro atoms. The van der Waals surface area contributed by atoms with E-state index >= 15 is 0 Å². The Bertz CT molecular complexity index is 735. The highest BCUT2D eigenvalue weighted by molar-refractivity contribution is 8.76. The van der Waals surface area contributed by atoms with Crippen LogP contribution >= 0.6 is 21.6 Å². The highest BCUT2D eigenvalue weighted by atomic mass is 33.1. The summed E-state index contributed by atoms with van der Waals surface area (Å²) < 4.78 is 0. The number of nitrogens with one attached hydrogen (secondary N) is 1. The molecule has 30 heavy (non-hydrogen) atoms. The van der Waals surface area contributed by atoms with Crippen molar-refractivity contribution in [3.63, 3.8) is 0 Å². The number of amides is 1. The second-order valence-corrected chi connectivity index (χ2v) is 9.64. The number of aromatic nitrogens is 1. The van der Waals surface area contributed by atoms with Gasteiger partial charge in [-0.05, 0) is 53.4 Å². The van der Waals surface area contributed by atoms with Gasteiger partial charge in [0.1, 0.15) is 5.03 Å². The quantitative estimate of drug-likeness (QED) is 0.210. The summed E-state index contributed by atoms with van der Waals surface area (Å²) in [6.07, 6.45) is 11.8. The molecule has 1 heterocycles. The van der Waals surface area contributed by atoms with Gasteiger partial charge < -0.3 is 15.4 Å². The number of unbranched alkanes of at least 4 members (excludes halogenated alkanes) is 7. The maximum Gasteiger partial charge on any atom is 0.488 e. The summed E-state index contributed by atoms with van der Waals surface area (Å²) in [6.45, 7) is 0. The first-order chi connectivity index (χ1) is 14.6. The predicted molar refractivity (Wildman–Crippen MR) is 129 cm³/mol. The first-order valence-corrected chi connectivity index (χ1v) is 12.9. The van der Waals surface area contributed by atoms with Gasteiger partial charge in [-0.25, -0.2) is 4.98 Å². The molecule has 2 rings (SSSR count). The Morgan fingerprint density at radius 3 is 2.37 bits per heavy atom. The molecule has 1 aromatic heterocycles. The Hall–Kier alpha value is -1.48. The summed E-state index contributed by atoms with van der Waals surface area (Å²) in [5.74, 6) is 1.14. The van der Waals surface area contributed by atoms with E-state index in [-0.39, 0.29) is 5.91 Å². The Morgan fingerprint density at radius 1 is 0.933 bits per heavy atom. The van der Waals surface area contributed by atoms with Crippen molar-refractivity contribution in [1.82, 2.24) is 4.98 Å². The van der Waals surface area contributed by atoms with Crippen LogP contribution in [0.3, 0.4) is 0 Å². The van der Waals surface area contributed by atoms with Crippen molar-refractivity contribution in [2.75, 3.05) is 11.1 Å². The molecule has 0 radical (unpaired) electrons. The number of carbonyl (C=O) groups is 1. The molecule has 0 saturated carbocycles. The van der Waals surface area contributed by atoms with Gasteiger partial charge in [0.05, 0.1) is 0 Å². The van der Waals surface area contributed by atoms with Crippen LogP contribution in [0.5, 0.6) is 0 Å². The first kappa shape index (κ1) is 24.8. The highest BCUT2D eigenvalue weighted by Gasteiger charge is 2.11. The molecular weight excluding hydrogens is 415 g/mol. The van der Waals surface area contributed by atoms with Gasteiger partial charge >= 0.3 is 7.12 Å². The van der Waals surface area contributed by atoms with Gasteiger partial charge in [0.2, 0.25) is 5.91 Å². The van der Waals surface area contributed by atoms with Crippen LogP contribution < -0.4 is 10.8 Å². The molecule has 1 aromatic carbocycles. The van der Waals surface area contributed by atoms with E-state index in [4.69, 9.17) is 0 Å². The van der Waals surface area contributed by atoms with Gasteiger partial charge in [0, 0.05) is 24.1 Å². The van der Waals surface area contributed by atoms with E-state index in [0.717, 1.165) is 23.6 Å². The molecule has 2 aromatic rings. The summed E-state index contributed by atoms with van der Waals surface area (Å²) in [5.41, 5.74) is 0.973. The van der Waals surface area contributed by atoms with Crippen molar-refractivity contribution in [3.8, 4) is 0 Å². The largest absolute Gasteiger partial charge is 0.488 e. The van der Waals surface area contributed by atoms with E-state index < -0.39 is 7.12 Å². The van der Waals surface area contributed by atoms with Crippen LogP contribution in [-0.4, -0.2) is 33.8 Å². The van der Waals surface area contributed by atoms with Crippen LogP contribution in [0.25, 0.3) is 0 Å². The van der Waals surface area contributed by atoms with E-state index in [1.54, 1.807) is 35.1 Å². The lowest BCUT2D eigenvalue weighted by Crippen LogP contribution is -2.30. The number of pyridine rings is 1. The lowest BCUT2D eigenvalue weighted by molar-refractivity contribution is -0.116. The minimum atomic E-state index is -1.52. The third kappa shape index (κ3) is 11.1. The molecule has 8 heteroatoms. The fourth-order valence-electron chi connectivity index (χ4n) is 3.01. The highest BCUT2D eigenvalue weighted by Crippen LogP contribution is 2.29. The Kier molecular flexibility index (Phi) is 12.7. The molecule has 0 aliphatic rings. The monoisotopic (exact) mass is 446 g/mol. The SMILES string of the molecule is O=C(CCCCCCCCCCSSc1ccccn1)Nc1cccc(B(O)O)c1. The topological polar surface area (TPSA) is 82.5 Å². The Balaban J connectivity index is 1.39. The molecule has 0 aliphatic heterocycles. The summed E-state index contributed by atoms with van der Waals surface area (Å²) >= 11 is 0. The molecule has 3 N–H and O–H groups in total. The predicted octanol–water partition coefficient (Wildman–Crippen LogP) is 4.65. The van der Waals surface area contributed by atoms with Crippen LogP contribution in [0.1, 0.15) is 57.8 Å². The third-order valence-electron chi connectivity index (χ3n) is 4.63. The lowest BCUT2D eigenvalue weighted by Gasteiger charge is -2.07. The second kappa shape index (κ2) is 15.3. The van der Waals surface area contributed by atoms with Crippen molar-refractivity contribution in [3.05, 3.63) is 48.7 Å². The number of rotatable bonds is 15. The zero-order chi connectivity index (χ0) is 21.4. The van der Waals surface area contributed by atoms with Gasteiger partial charge in [0.15, 0.2) is 0 Å². The van der Waals surface area contributed by atoms with Crippen LogP contribution in [0, 0.1) is 0 Å². The summed E-state index contributed by atoms with van der Waals surface area (Å²) in [5, 5.41) is 22.3. The molecule has 0 fully saturated rings. The number of anilines is 1. The van der Waals surface area contributed by atoms with Gasteiger partial charge in [-0.1, -0.05) is 67.5 Å². The van der Waals surface area contributed by atoms with Gasteiger partial charge in [-0.2, -0.15) is 0 Å². The molecule has 5 nitrogen and oxygen atoms in total. The standard InChI is InChI=1S/C22H31BN2O3S2/c26-21(25-20-13-11-12-19(18-20)23(27)28)14-7-5-3-1-2-4-6-10-17-29-30-22-15-8-9-16-24-22/h8-9,11-13,15-16,18,27-28H,1-7,10,14,17H2,(H,25,26). The van der Waals surface area contributed by atoms with Crippen LogP contribution in [-0.2, 0) is 4.79 Å². The normalized spacial score (nSPS) is 10.7. The van der Waals surface area contributed by atoms with Crippen molar-refractivity contribution >= 4 is 45.8 Å². The van der Waals surface area contributed by atoms with Crippen molar-refractivity contribution in [1.29, 1.82) is 0 Å². The minimum Gasteiger partial charge on any atom is -0.423 e. The molecule has 162 valence electrons. The van der Waals surface area contributed by atoms with E-state index in [1.165, 1.54) is 38.5 Å². The van der Waals surface area contributed by atoms with Crippen LogP contribution in [0.15, 0.2) is 53.7 Å². The molecule has 0 saturated heterocycles. The first-order valence-electron chi connectivity index (χ1n) is 10.6. The number of hydrogen-bond acceptors (Lipinski definition) is 6. The maximum absolute atomic E-state index is 12.0. The van der Waals surface area contributed by atoms with E-state index in [2.05, 4.69) is 10.3 Å². The minimum absolute atomic E-state index is 0.0272. The lowest BCUT2D eigenvalue weighted by atomic mass is 9.80. The van der Waals surface area contributed by atoms with Crippen LogP contribution in [0.2, 0.25) is 0 Å². The van der Waals surface area contributed by atoms with Crippen molar-refractivity contribution in [2.24, 2.45) is 0 Å². The molecule has 1 amide bonds. The average Bonchev–Trinajstić information content (AvgIpc) is 2.75. The zero-order valence-electron chi connectivity index (χ0n) is 17.3. The number of hydrogen-bond donors (Lipinski definition) is 3. The second-order valence-electron chi connectivity index (χ2n) is 7.20. The van der Waals surface area contributed by atoms with Gasteiger partial charge in [-0.15, -0.1) is 0 Å². The Morgan fingerprint density at radius 2 is 1.67 bits per heavy atom. The van der Waals surface area contributed by atoms with E-state index in [9.17, 15) is 14.8 Å². The molecular formula is C22H31BN2O3S2. The fourth-order valence-corrected chi connectivity index (χ4v) is 5.03. The van der Waals surface area contributed by atoms with Gasteiger partial charge in [-0.3, -0.25) is 4.79 Å². The van der Waals surface area contributed by atoms with Crippen LogP contribution in [0.4, 0.5) is 5.69 Å². The van der Waals surface area contributed by atoms with Gasteiger partial charge in [0.25, 0.3) is 0 Å². The average molecular weight is 446 g/mol. The molecule has 0 unspecified atom stereocenters. The summed E-state index contributed by atoms with van der Waals surface area (Å²) in [4.78, 5) is 16.3. The molecule has 0 atom stereocenters. The summed E-state index contributed by atoms with van der Waals surface area (Å²) in [6, 6.07) is 12.6. The fraction of sp³-hybridized carbons (Fsp3) is 0.455. The number of carbonyl (C=O) groups excluding carboxylic acids is 1.